The van der Waals surface area contributed by atoms with Crippen molar-refractivity contribution in [2.75, 3.05) is 0 Å². The van der Waals surface area contributed by atoms with Gasteiger partial charge in [-0.2, -0.15) is 5.10 Å². The van der Waals surface area contributed by atoms with Crippen LogP contribution in [0.3, 0.4) is 0 Å². The van der Waals surface area contributed by atoms with Crippen molar-refractivity contribution in [1.82, 2.24) is 5.43 Å². The number of benzene rings is 1. The minimum absolute atomic E-state index is 0.0211. The van der Waals surface area contributed by atoms with Gasteiger partial charge in [0.1, 0.15) is 11.5 Å². The summed E-state index contributed by atoms with van der Waals surface area (Å²) in [6.07, 6.45) is 4.28. The average molecular weight is 262 g/mol. The van der Waals surface area contributed by atoms with Gasteiger partial charge in [0.25, 0.3) is 5.91 Å². The molecule has 1 saturated carbocycles. The van der Waals surface area contributed by atoms with Gasteiger partial charge in [0.2, 0.25) is 0 Å². The highest BCUT2D eigenvalue weighted by Crippen LogP contribution is 2.23. The van der Waals surface area contributed by atoms with Crippen molar-refractivity contribution >= 4 is 11.6 Å². The molecular weight excluding hydrogens is 244 g/mol. The number of hydrazone groups is 1. The molecule has 0 heterocycles. The molecule has 1 fully saturated rings. The van der Waals surface area contributed by atoms with Gasteiger partial charge < -0.3 is 10.2 Å². The van der Waals surface area contributed by atoms with Crippen molar-refractivity contribution < 1.29 is 15.0 Å². The molecule has 102 valence electrons. The molecule has 0 saturated heterocycles. The van der Waals surface area contributed by atoms with Crippen LogP contribution >= 0.6 is 0 Å². The predicted molar refractivity (Wildman–Crippen MR) is 72.3 cm³/mol. The number of phenolic OH excluding ortho intramolecular Hbond substituents is 2. The smallest absolute Gasteiger partial charge is 0.275 e. The molecule has 0 spiro atoms. The van der Waals surface area contributed by atoms with Gasteiger partial charge in [-0.15, -0.1) is 0 Å². The topological polar surface area (TPSA) is 81.9 Å². The molecule has 5 nitrogen and oxygen atoms in total. The Balaban J connectivity index is 2.08. The molecule has 1 aromatic carbocycles. The maximum absolute atomic E-state index is 11.9. The third kappa shape index (κ3) is 3.24. The second kappa shape index (κ2) is 5.73. The van der Waals surface area contributed by atoms with Crippen molar-refractivity contribution in [2.45, 2.75) is 32.6 Å². The Bertz CT molecular complexity index is 511. The van der Waals surface area contributed by atoms with Crippen LogP contribution in [0.4, 0.5) is 0 Å². The van der Waals surface area contributed by atoms with E-state index in [2.05, 4.69) is 17.5 Å². The summed E-state index contributed by atoms with van der Waals surface area (Å²) < 4.78 is 0. The van der Waals surface area contributed by atoms with Crippen molar-refractivity contribution in [3.63, 3.8) is 0 Å². The minimum atomic E-state index is -0.515. The second-order valence-electron chi connectivity index (χ2n) is 4.89. The normalized spacial score (nSPS) is 21.3. The summed E-state index contributed by atoms with van der Waals surface area (Å²) >= 11 is 0. The van der Waals surface area contributed by atoms with Gasteiger partial charge in [0.15, 0.2) is 0 Å². The van der Waals surface area contributed by atoms with E-state index in [4.69, 9.17) is 0 Å². The Hall–Kier alpha value is -2.04. The molecule has 0 bridgehead atoms. The number of aromatic hydroxyl groups is 2. The molecule has 1 aliphatic carbocycles. The van der Waals surface area contributed by atoms with Crippen molar-refractivity contribution in [3.05, 3.63) is 23.8 Å². The highest BCUT2D eigenvalue weighted by atomic mass is 16.3. The van der Waals surface area contributed by atoms with E-state index in [1.807, 2.05) is 0 Å². The van der Waals surface area contributed by atoms with E-state index in [1.165, 1.54) is 24.6 Å². The number of hydrogen-bond acceptors (Lipinski definition) is 4. The van der Waals surface area contributed by atoms with Crippen LogP contribution in [0.5, 0.6) is 11.5 Å². The third-order valence-electron chi connectivity index (χ3n) is 3.41. The van der Waals surface area contributed by atoms with Crippen LogP contribution in [0, 0.1) is 5.92 Å². The van der Waals surface area contributed by atoms with Crippen LogP contribution in [-0.4, -0.2) is 21.8 Å². The zero-order valence-corrected chi connectivity index (χ0v) is 10.9. The number of nitrogens with zero attached hydrogens (tertiary/aromatic N) is 1. The fraction of sp³-hybridized carbons (Fsp3) is 0.429. The molecule has 2 rings (SSSR count). The molecule has 1 aromatic rings. The number of nitrogens with one attached hydrogen (secondary N) is 1. The van der Waals surface area contributed by atoms with E-state index in [9.17, 15) is 15.0 Å². The largest absolute Gasteiger partial charge is 0.508 e. The second-order valence-corrected chi connectivity index (χ2v) is 4.89. The van der Waals surface area contributed by atoms with E-state index in [0.717, 1.165) is 25.0 Å². The molecule has 1 atom stereocenters. The Morgan fingerprint density at radius 1 is 1.37 bits per heavy atom. The van der Waals surface area contributed by atoms with Gasteiger partial charge in [0, 0.05) is 5.71 Å². The summed E-state index contributed by atoms with van der Waals surface area (Å²) in [6.45, 7) is 2.09. The average Bonchev–Trinajstić information content (AvgIpc) is 2.40. The Kier molecular flexibility index (Phi) is 4.04. The molecule has 1 amide bonds. The molecule has 0 radical (unpaired) electrons. The summed E-state index contributed by atoms with van der Waals surface area (Å²) in [5, 5.41) is 23.0. The minimum Gasteiger partial charge on any atom is -0.508 e. The van der Waals surface area contributed by atoms with E-state index in [1.54, 1.807) is 0 Å². The summed E-state index contributed by atoms with van der Waals surface area (Å²) in [4.78, 5) is 11.9. The lowest BCUT2D eigenvalue weighted by Gasteiger charge is -2.19. The fourth-order valence-electron chi connectivity index (χ4n) is 2.22. The number of phenols is 2. The fourth-order valence-corrected chi connectivity index (χ4v) is 2.22. The molecule has 0 unspecified atom stereocenters. The van der Waals surface area contributed by atoms with Gasteiger partial charge in [0.05, 0.1) is 5.56 Å². The van der Waals surface area contributed by atoms with Crippen molar-refractivity contribution in [3.8, 4) is 11.5 Å². The van der Waals surface area contributed by atoms with Gasteiger partial charge in [-0.25, -0.2) is 5.43 Å². The first-order chi connectivity index (χ1) is 9.08. The molecule has 0 aromatic heterocycles. The molecule has 3 N–H and O–H groups in total. The zero-order valence-electron chi connectivity index (χ0n) is 10.9. The summed E-state index contributed by atoms with van der Waals surface area (Å²) in [7, 11) is 0. The maximum Gasteiger partial charge on any atom is 0.275 e. The standard InChI is InChI=1S/C14H18N2O3/c1-9-4-2-3-5-12(9)15-16-14(19)11-8-10(17)6-7-13(11)18/h6-9,17-18H,2-5H2,1H3,(H,16,19)/b15-12+/t9-/m1/s1. The van der Waals surface area contributed by atoms with E-state index >= 15 is 0 Å². The van der Waals surface area contributed by atoms with Gasteiger partial charge in [-0.05, 0) is 43.4 Å². The lowest BCUT2D eigenvalue weighted by Crippen LogP contribution is -2.24. The summed E-state index contributed by atoms with van der Waals surface area (Å²) in [5.74, 6) is -0.376. The van der Waals surface area contributed by atoms with Crippen LogP contribution in [0.15, 0.2) is 23.3 Å². The predicted octanol–water partition coefficient (Wildman–Crippen LogP) is 2.39. The molecule has 1 aliphatic rings. The van der Waals surface area contributed by atoms with Crippen LogP contribution in [0.25, 0.3) is 0 Å². The first kappa shape index (κ1) is 13.4. The van der Waals surface area contributed by atoms with Crippen LogP contribution < -0.4 is 5.43 Å². The molecular formula is C14H18N2O3. The number of rotatable bonds is 2. The summed E-state index contributed by atoms with van der Waals surface area (Å²) in [6, 6.07) is 3.82. The number of amides is 1. The van der Waals surface area contributed by atoms with Gasteiger partial charge >= 0.3 is 0 Å². The molecule has 19 heavy (non-hydrogen) atoms. The highest BCUT2D eigenvalue weighted by Gasteiger charge is 2.17. The van der Waals surface area contributed by atoms with Gasteiger partial charge in [-0.3, -0.25) is 4.79 Å². The van der Waals surface area contributed by atoms with Crippen LogP contribution in [-0.2, 0) is 0 Å². The molecule has 5 heteroatoms. The van der Waals surface area contributed by atoms with E-state index < -0.39 is 5.91 Å². The summed E-state index contributed by atoms with van der Waals surface area (Å²) in [5.41, 5.74) is 3.45. The quantitative estimate of drug-likeness (QED) is 0.565. The van der Waals surface area contributed by atoms with Gasteiger partial charge in [-0.1, -0.05) is 13.3 Å². The van der Waals surface area contributed by atoms with Crippen molar-refractivity contribution in [2.24, 2.45) is 11.0 Å². The lowest BCUT2D eigenvalue weighted by atomic mass is 9.89. The monoisotopic (exact) mass is 262 g/mol. The number of hydrogen-bond donors (Lipinski definition) is 3. The van der Waals surface area contributed by atoms with Crippen molar-refractivity contribution in [1.29, 1.82) is 0 Å². The third-order valence-corrected chi connectivity index (χ3v) is 3.41. The number of carbonyl (C=O) groups excluding carboxylic acids is 1. The SMILES string of the molecule is C[C@@H]1CCCC/C1=N\NC(=O)c1cc(O)ccc1O. The number of carbonyl (C=O) groups is 1. The Morgan fingerprint density at radius 2 is 2.16 bits per heavy atom. The molecule has 0 aliphatic heterocycles. The van der Waals surface area contributed by atoms with E-state index in [0.29, 0.717) is 5.92 Å². The maximum atomic E-state index is 11.9. The lowest BCUT2D eigenvalue weighted by molar-refractivity contribution is 0.0951. The van der Waals surface area contributed by atoms with E-state index in [-0.39, 0.29) is 17.1 Å². The van der Waals surface area contributed by atoms with Crippen LogP contribution in [0.2, 0.25) is 0 Å². The Labute approximate surface area is 112 Å². The zero-order chi connectivity index (χ0) is 13.8. The highest BCUT2D eigenvalue weighted by molar-refractivity contribution is 5.98. The first-order valence-electron chi connectivity index (χ1n) is 6.46. The van der Waals surface area contributed by atoms with Crippen LogP contribution in [0.1, 0.15) is 43.0 Å². The Morgan fingerprint density at radius 3 is 2.89 bits per heavy atom. The first-order valence-corrected chi connectivity index (χ1v) is 6.46.